The number of rotatable bonds is 6. The lowest BCUT2D eigenvalue weighted by atomic mass is 9.95. The second kappa shape index (κ2) is 8.66. The Morgan fingerprint density at radius 2 is 1.38 bits per heavy atom. The van der Waals surface area contributed by atoms with E-state index in [9.17, 15) is 18.6 Å². The Morgan fingerprint density at radius 1 is 0.857 bits per heavy atom. The van der Waals surface area contributed by atoms with E-state index in [-0.39, 0.29) is 23.6 Å². The number of hydrogen-bond acceptors (Lipinski definition) is 6. The summed E-state index contributed by atoms with van der Waals surface area (Å²) in [4.78, 5) is 3.36. The van der Waals surface area contributed by atoms with Gasteiger partial charge in [-0.05, 0) is 51.4 Å². The average molecular weight is 340 g/mol. The summed E-state index contributed by atoms with van der Waals surface area (Å²) in [7, 11) is 0. The van der Waals surface area contributed by atoms with Crippen LogP contribution in [0.2, 0.25) is 0 Å². The van der Waals surface area contributed by atoms with Crippen LogP contribution in [0.15, 0.2) is 0 Å². The molecule has 0 aromatic heterocycles. The van der Waals surface area contributed by atoms with Crippen LogP contribution >= 0.6 is 0 Å². The minimum absolute atomic E-state index is 0.182. The molecular formula is C12H22NO6S2-. The Bertz CT molecular complexity index is 367. The molecule has 2 unspecified atom stereocenters. The molecule has 2 fully saturated rings. The maximum absolute atomic E-state index is 11.8. The fourth-order valence-electron chi connectivity index (χ4n) is 2.63. The van der Waals surface area contributed by atoms with E-state index < -0.39 is 22.3 Å². The van der Waals surface area contributed by atoms with Crippen molar-refractivity contribution >= 4 is 22.3 Å². The van der Waals surface area contributed by atoms with Gasteiger partial charge < -0.3 is 23.6 Å². The van der Waals surface area contributed by atoms with Crippen LogP contribution in [-0.4, -0.2) is 42.2 Å². The standard InChI is InChI=1S/C12H22NO6S2/c14-9-1-5-11(6-2-9)18-21(17)13-19-20(16)12-7-3-10(15)4-8-12/h9-12,14-15H,1-8H2/q-1. The summed E-state index contributed by atoms with van der Waals surface area (Å²) in [5.41, 5.74) is 0. The molecule has 0 heterocycles. The van der Waals surface area contributed by atoms with E-state index in [1.807, 2.05) is 0 Å². The molecule has 0 spiro atoms. The van der Waals surface area contributed by atoms with Crippen LogP contribution in [-0.2, 0) is 30.8 Å². The van der Waals surface area contributed by atoms with Crippen LogP contribution in [0.3, 0.4) is 0 Å². The summed E-state index contributed by atoms with van der Waals surface area (Å²) in [6.45, 7) is 0. The smallest absolute Gasteiger partial charge is 0.142 e. The molecular weight excluding hydrogens is 318 g/mol. The molecule has 0 aromatic carbocycles. The first-order valence-electron chi connectivity index (χ1n) is 7.29. The zero-order valence-corrected chi connectivity index (χ0v) is 13.4. The lowest BCUT2D eigenvalue weighted by Gasteiger charge is -2.30. The number of hydrogen-bond donors (Lipinski definition) is 2. The highest BCUT2D eigenvalue weighted by Crippen LogP contribution is 2.25. The highest BCUT2D eigenvalue weighted by atomic mass is 32.2. The topological polar surface area (TPSA) is 107 Å². The van der Waals surface area contributed by atoms with E-state index in [0.29, 0.717) is 51.4 Å². The van der Waals surface area contributed by atoms with Gasteiger partial charge in [-0.25, -0.2) is 4.21 Å². The fraction of sp³-hybridized carbons (Fsp3) is 1.00. The van der Waals surface area contributed by atoms with E-state index in [2.05, 4.69) is 4.89 Å². The molecule has 9 heteroatoms. The van der Waals surface area contributed by atoms with Crippen LogP contribution in [0.1, 0.15) is 51.4 Å². The van der Waals surface area contributed by atoms with Crippen molar-refractivity contribution in [2.45, 2.75) is 74.9 Å². The minimum atomic E-state index is -1.98. The van der Waals surface area contributed by atoms with Crippen LogP contribution < -0.4 is 0 Å². The summed E-state index contributed by atoms with van der Waals surface area (Å²) < 4.78 is 33.4. The van der Waals surface area contributed by atoms with Gasteiger partial charge in [0.15, 0.2) is 0 Å². The van der Waals surface area contributed by atoms with Crippen LogP contribution in [0.25, 0.3) is 4.89 Å². The lowest BCUT2D eigenvalue weighted by molar-refractivity contribution is 0.0729. The lowest BCUT2D eigenvalue weighted by Crippen LogP contribution is -2.27. The molecule has 0 amide bonds. The molecule has 7 nitrogen and oxygen atoms in total. The van der Waals surface area contributed by atoms with Gasteiger partial charge in [0.25, 0.3) is 0 Å². The molecule has 0 aliphatic heterocycles. The van der Waals surface area contributed by atoms with Gasteiger partial charge in [0.2, 0.25) is 0 Å². The highest BCUT2D eigenvalue weighted by Gasteiger charge is 2.24. The van der Waals surface area contributed by atoms with Crippen molar-refractivity contribution < 1.29 is 27.1 Å². The zero-order valence-electron chi connectivity index (χ0n) is 11.8. The molecule has 2 saturated carbocycles. The maximum atomic E-state index is 11.8. The molecule has 0 radical (unpaired) electrons. The fourth-order valence-corrected chi connectivity index (χ4v) is 4.31. The van der Waals surface area contributed by atoms with E-state index >= 15 is 0 Å². The quantitative estimate of drug-likeness (QED) is 0.703. The zero-order chi connectivity index (χ0) is 15.2. The molecule has 0 bridgehead atoms. The Balaban J connectivity index is 1.63. The molecule has 2 atom stereocenters. The summed E-state index contributed by atoms with van der Waals surface area (Å²) in [5.74, 6) is 0. The van der Waals surface area contributed by atoms with Crippen molar-refractivity contribution in [3.8, 4) is 0 Å². The number of aliphatic hydroxyl groups is 2. The SMILES string of the molecule is O=S([N-]OS(=O)C1CCC(O)CC1)OC1CCC(O)CC1. The van der Waals surface area contributed by atoms with E-state index in [4.69, 9.17) is 8.47 Å². The van der Waals surface area contributed by atoms with Crippen molar-refractivity contribution in [2.75, 3.05) is 0 Å². The molecule has 0 saturated heterocycles. The number of aliphatic hydroxyl groups excluding tert-OH is 2. The molecule has 2 aliphatic carbocycles. The minimum Gasteiger partial charge on any atom is -0.408 e. The third kappa shape index (κ3) is 6.01. The molecule has 2 rings (SSSR count). The molecule has 2 aliphatic rings. The van der Waals surface area contributed by atoms with Crippen molar-refractivity contribution in [3.05, 3.63) is 4.89 Å². The van der Waals surface area contributed by atoms with Gasteiger partial charge >= 0.3 is 0 Å². The Kier molecular flexibility index (Phi) is 7.20. The van der Waals surface area contributed by atoms with Gasteiger partial charge in [0.05, 0.1) is 34.8 Å². The van der Waals surface area contributed by atoms with Crippen LogP contribution in [0, 0.1) is 0 Å². The Morgan fingerprint density at radius 3 is 1.95 bits per heavy atom. The van der Waals surface area contributed by atoms with Gasteiger partial charge in [-0.1, -0.05) is 0 Å². The summed E-state index contributed by atoms with van der Waals surface area (Å²) in [5, 5.41) is 18.6. The predicted octanol–water partition coefficient (Wildman–Crippen LogP) is 1.16. The van der Waals surface area contributed by atoms with E-state index in [0.717, 1.165) is 0 Å². The third-order valence-electron chi connectivity index (χ3n) is 3.94. The van der Waals surface area contributed by atoms with E-state index in [1.54, 1.807) is 0 Å². The summed E-state index contributed by atoms with van der Waals surface area (Å²) >= 11 is -3.63. The van der Waals surface area contributed by atoms with Crippen molar-refractivity contribution in [1.29, 1.82) is 0 Å². The maximum Gasteiger partial charge on any atom is 0.142 e. The number of nitrogens with zero attached hydrogens (tertiary/aromatic N) is 1. The molecule has 2 N–H and O–H groups in total. The normalized spacial score (nSPS) is 37.0. The summed E-state index contributed by atoms with van der Waals surface area (Å²) in [6, 6.07) is 0. The van der Waals surface area contributed by atoms with Gasteiger partial charge in [0, 0.05) is 0 Å². The van der Waals surface area contributed by atoms with Crippen molar-refractivity contribution in [1.82, 2.24) is 0 Å². The van der Waals surface area contributed by atoms with Crippen molar-refractivity contribution in [2.24, 2.45) is 0 Å². The highest BCUT2D eigenvalue weighted by molar-refractivity contribution is 7.85. The Labute approximate surface area is 129 Å². The van der Waals surface area contributed by atoms with Crippen LogP contribution in [0.4, 0.5) is 0 Å². The Hall–Kier alpha value is 0.1000. The first kappa shape index (κ1) is 17.5. The average Bonchev–Trinajstić information content (AvgIpc) is 2.48. The van der Waals surface area contributed by atoms with Gasteiger partial charge in [-0.15, -0.1) is 0 Å². The monoisotopic (exact) mass is 340 g/mol. The first-order valence-corrected chi connectivity index (χ1v) is 9.46. The molecule has 21 heavy (non-hydrogen) atoms. The van der Waals surface area contributed by atoms with Gasteiger partial charge in [0.1, 0.15) is 11.1 Å². The molecule has 0 aromatic rings. The molecule has 124 valence electrons. The summed E-state index contributed by atoms with van der Waals surface area (Å²) in [6.07, 6.45) is 4.09. The van der Waals surface area contributed by atoms with Gasteiger partial charge in [-0.3, -0.25) is 4.21 Å². The largest absolute Gasteiger partial charge is 0.408 e. The second-order valence-corrected chi connectivity index (χ2v) is 7.70. The van der Waals surface area contributed by atoms with Crippen LogP contribution in [0.5, 0.6) is 0 Å². The van der Waals surface area contributed by atoms with E-state index in [1.165, 1.54) is 0 Å². The third-order valence-corrected chi connectivity index (χ3v) is 5.91. The predicted molar refractivity (Wildman–Crippen MR) is 78.3 cm³/mol. The van der Waals surface area contributed by atoms with Gasteiger partial charge in [-0.2, -0.15) is 0 Å². The second-order valence-electron chi connectivity index (χ2n) is 5.58. The van der Waals surface area contributed by atoms with Crippen molar-refractivity contribution in [3.63, 3.8) is 0 Å². The first-order chi connectivity index (χ1) is 10.0.